The van der Waals surface area contributed by atoms with Crippen LogP contribution in [0.4, 0.5) is 11.6 Å². The average molecular weight is 241 g/mol. The first-order chi connectivity index (χ1) is 7.24. The molecule has 0 unspecified atom stereocenters. The molecule has 1 aromatic carbocycles. The Bertz CT molecular complexity index is 458. The monoisotopic (exact) mass is 240 g/mol. The Morgan fingerprint density at radius 1 is 1.00 bits per heavy atom. The molecule has 15 heavy (non-hydrogen) atoms. The van der Waals surface area contributed by atoms with Crippen LogP contribution in [0, 0.1) is 0 Å². The molecule has 0 radical (unpaired) electrons. The minimum absolute atomic E-state index is 0.154. The maximum absolute atomic E-state index is 5.75. The quantitative estimate of drug-likeness (QED) is 0.878. The lowest BCUT2D eigenvalue weighted by molar-refractivity contribution is 1.05. The lowest BCUT2D eigenvalue weighted by Gasteiger charge is -2.03. The van der Waals surface area contributed by atoms with E-state index in [0.29, 0.717) is 11.0 Å². The number of aromatic nitrogens is 3. The summed E-state index contributed by atoms with van der Waals surface area (Å²) in [5.41, 5.74) is 0.835. The Hall–Kier alpha value is -1.39. The van der Waals surface area contributed by atoms with E-state index in [9.17, 15) is 0 Å². The first-order valence-electron chi connectivity index (χ1n) is 4.11. The maximum Gasteiger partial charge on any atom is 0.231 e. The molecule has 0 spiro atoms. The van der Waals surface area contributed by atoms with E-state index in [1.165, 1.54) is 6.33 Å². The second-order valence-electron chi connectivity index (χ2n) is 2.71. The first-order valence-corrected chi connectivity index (χ1v) is 4.87. The van der Waals surface area contributed by atoms with Crippen molar-refractivity contribution < 1.29 is 0 Å². The van der Waals surface area contributed by atoms with Gasteiger partial charge < -0.3 is 5.32 Å². The summed E-state index contributed by atoms with van der Waals surface area (Å²) < 4.78 is 0. The van der Waals surface area contributed by atoms with Crippen LogP contribution >= 0.6 is 23.2 Å². The minimum atomic E-state index is 0.154. The molecule has 2 rings (SSSR count). The molecule has 0 amide bonds. The van der Waals surface area contributed by atoms with Crippen molar-refractivity contribution in [2.75, 3.05) is 5.32 Å². The third-order valence-corrected chi connectivity index (χ3v) is 2.08. The topological polar surface area (TPSA) is 50.7 Å². The van der Waals surface area contributed by atoms with Crippen LogP contribution in [-0.2, 0) is 0 Å². The van der Waals surface area contributed by atoms with Gasteiger partial charge in [0.2, 0.25) is 11.2 Å². The maximum atomic E-state index is 5.75. The number of nitrogens with zero attached hydrogens (tertiary/aromatic N) is 3. The molecular formula is C9H6Cl2N4. The molecule has 4 nitrogen and oxygen atoms in total. The summed E-state index contributed by atoms with van der Waals surface area (Å²) in [6, 6.07) is 7.18. The fourth-order valence-corrected chi connectivity index (χ4v) is 1.25. The van der Waals surface area contributed by atoms with Gasteiger partial charge in [-0.1, -0.05) is 11.6 Å². The van der Waals surface area contributed by atoms with Crippen molar-refractivity contribution in [2.45, 2.75) is 0 Å². The second-order valence-corrected chi connectivity index (χ2v) is 3.48. The Kier molecular flexibility index (Phi) is 2.99. The summed E-state index contributed by atoms with van der Waals surface area (Å²) >= 11 is 11.4. The highest BCUT2D eigenvalue weighted by atomic mass is 35.5. The Labute approximate surface area is 96.3 Å². The molecule has 0 aliphatic rings. The number of rotatable bonds is 2. The SMILES string of the molecule is Clc1ccc(Nc2ncnc(Cl)n2)cc1. The summed E-state index contributed by atoms with van der Waals surface area (Å²) in [7, 11) is 0. The van der Waals surface area contributed by atoms with Gasteiger partial charge >= 0.3 is 0 Å². The van der Waals surface area contributed by atoms with Gasteiger partial charge in [0.25, 0.3) is 0 Å². The molecule has 1 aromatic heterocycles. The van der Waals surface area contributed by atoms with Crippen LogP contribution in [0.1, 0.15) is 0 Å². The third-order valence-electron chi connectivity index (χ3n) is 1.64. The Morgan fingerprint density at radius 3 is 2.40 bits per heavy atom. The summed E-state index contributed by atoms with van der Waals surface area (Å²) in [6.45, 7) is 0. The molecule has 1 heterocycles. The lowest BCUT2D eigenvalue weighted by Crippen LogP contribution is -1.97. The van der Waals surface area contributed by atoms with Crippen molar-refractivity contribution in [3.8, 4) is 0 Å². The van der Waals surface area contributed by atoms with Gasteiger partial charge in [0.1, 0.15) is 6.33 Å². The van der Waals surface area contributed by atoms with E-state index in [1.807, 2.05) is 12.1 Å². The zero-order valence-corrected chi connectivity index (χ0v) is 9.00. The van der Waals surface area contributed by atoms with Crippen LogP contribution in [-0.4, -0.2) is 15.0 Å². The normalized spacial score (nSPS) is 10.0. The number of hydrogen-bond donors (Lipinski definition) is 1. The Morgan fingerprint density at radius 2 is 1.73 bits per heavy atom. The van der Waals surface area contributed by atoms with E-state index in [-0.39, 0.29) is 5.28 Å². The fourth-order valence-electron chi connectivity index (χ4n) is 0.999. The molecule has 0 atom stereocenters. The summed E-state index contributed by atoms with van der Waals surface area (Å²) in [5.74, 6) is 0.400. The number of nitrogens with one attached hydrogen (secondary N) is 1. The van der Waals surface area contributed by atoms with Crippen LogP contribution in [0.25, 0.3) is 0 Å². The second kappa shape index (κ2) is 4.42. The van der Waals surface area contributed by atoms with E-state index in [0.717, 1.165) is 5.69 Å². The van der Waals surface area contributed by atoms with Crippen LogP contribution < -0.4 is 5.32 Å². The highest BCUT2D eigenvalue weighted by Gasteiger charge is 1.98. The van der Waals surface area contributed by atoms with E-state index >= 15 is 0 Å². The third kappa shape index (κ3) is 2.78. The van der Waals surface area contributed by atoms with Crippen molar-refractivity contribution in [1.82, 2.24) is 15.0 Å². The number of halogens is 2. The van der Waals surface area contributed by atoms with Gasteiger partial charge in [-0.15, -0.1) is 0 Å². The zero-order valence-electron chi connectivity index (χ0n) is 7.48. The van der Waals surface area contributed by atoms with Crippen LogP contribution in [0.15, 0.2) is 30.6 Å². The molecule has 0 saturated carbocycles. The fraction of sp³-hybridized carbons (Fsp3) is 0. The van der Waals surface area contributed by atoms with Gasteiger partial charge in [-0.3, -0.25) is 0 Å². The summed E-state index contributed by atoms with van der Waals surface area (Å²) in [4.78, 5) is 11.5. The van der Waals surface area contributed by atoms with Gasteiger partial charge in [-0.2, -0.15) is 4.98 Å². The smallest absolute Gasteiger partial charge is 0.231 e. The number of benzene rings is 1. The van der Waals surface area contributed by atoms with Gasteiger partial charge in [0.15, 0.2) is 0 Å². The van der Waals surface area contributed by atoms with Crippen molar-refractivity contribution in [3.05, 3.63) is 40.9 Å². The van der Waals surface area contributed by atoms with Crippen LogP contribution in [0.3, 0.4) is 0 Å². The number of hydrogen-bond acceptors (Lipinski definition) is 4. The molecule has 76 valence electrons. The molecular weight excluding hydrogens is 235 g/mol. The van der Waals surface area contributed by atoms with Gasteiger partial charge in [-0.25, -0.2) is 9.97 Å². The molecule has 1 N–H and O–H groups in total. The van der Waals surface area contributed by atoms with E-state index < -0.39 is 0 Å². The zero-order chi connectivity index (χ0) is 10.7. The van der Waals surface area contributed by atoms with E-state index in [1.54, 1.807) is 12.1 Å². The van der Waals surface area contributed by atoms with Gasteiger partial charge in [-0.05, 0) is 35.9 Å². The molecule has 2 aromatic rings. The summed E-state index contributed by atoms with van der Waals surface area (Å²) in [5, 5.41) is 3.80. The molecule has 0 aliphatic heterocycles. The average Bonchev–Trinajstić information content (AvgIpc) is 2.22. The predicted octanol–water partition coefficient (Wildman–Crippen LogP) is 2.92. The predicted molar refractivity (Wildman–Crippen MR) is 59.6 cm³/mol. The van der Waals surface area contributed by atoms with Crippen molar-refractivity contribution in [3.63, 3.8) is 0 Å². The largest absolute Gasteiger partial charge is 0.324 e. The Balaban J connectivity index is 2.18. The molecule has 0 saturated heterocycles. The van der Waals surface area contributed by atoms with Gasteiger partial charge in [0.05, 0.1) is 0 Å². The highest BCUT2D eigenvalue weighted by molar-refractivity contribution is 6.30. The van der Waals surface area contributed by atoms with Gasteiger partial charge in [0, 0.05) is 10.7 Å². The molecule has 0 fully saturated rings. The van der Waals surface area contributed by atoms with E-state index in [4.69, 9.17) is 23.2 Å². The standard InChI is InChI=1S/C9H6Cl2N4/c10-6-1-3-7(4-2-6)14-9-13-5-12-8(11)15-9/h1-5H,(H,12,13,14,15). The first kappa shape index (κ1) is 10.1. The van der Waals surface area contributed by atoms with Crippen molar-refractivity contribution >= 4 is 34.8 Å². The highest BCUT2D eigenvalue weighted by Crippen LogP contribution is 2.16. The van der Waals surface area contributed by atoms with Crippen LogP contribution in [0.5, 0.6) is 0 Å². The lowest BCUT2D eigenvalue weighted by atomic mass is 10.3. The summed E-state index contributed by atoms with van der Waals surface area (Å²) in [6.07, 6.45) is 1.34. The van der Waals surface area contributed by atoms with Crippen molar-refractivity contribution in [2.24, 2.45) is 0 Å². The molecule has 0 aliphatic carbocycles. The van der Waals surface area contributed by atoms with E-state index in [2.05, 4.69) is 20.3 Å². The molecule has 6 heteroatoms. The molecule has 0 bridgehead atoms. The number of anilines is 2. The van der Waals surface area contributed by atoms with Crippen LogP contribution in [0.2, 0.25) is 10.3 Å². The van der Waals surface area contributed by atoms with Crippen molar-refractivity contribution in [1.29, 1.82) is 0 Å². The minimum Gasteiger partial charge on any atom is -0.324 e.